The van der Waals surface area contributed by atoms with Gasteiger partial charge in [0, 0.05) is 15.7 Å². The molecule has 0 saturated carbocycles. The molecule has 0 aliphatic carbocycles. The highest BCUT2D eigenvalue weighted by atomic mass is 79.9. The van der Waals surface area contributed by atoms with E-state index in [1.54, 1.807) is 18.3 Å². The minimum absolute atomic E-state index is 0.167. The molecule has 3 rings (SSSR count). The van der Waals surface area contributed by atoms with Crippen LogP contribution in [-0.4, -0.2) is 10.9 Å². The molecule has 0 radical (unpaired) electrons. The molecule has 2 aromatic carbocycles. The van der Waals surface area contributed by atoms with Gasteiger partial charge in [-0.2, -0.15) is 0 Å². The van der Waals surface area contributed by atoms with Gasteiger partial charge in [-0.15, -0.1) is 0 Å². The van der Waals surface area contributed by atoms with E-state index in [1.807, 2.05) is 55.5 Å². The highest BCUT2D eigenvalue weighted by Gasteiger charge is 2.06. The fourth-order valence-electron chi connectivity index (χ4n) is 2.22. The van der Waals surface area contributed by atoms with E-state index in [4.69, 9.17) is 0 Å². The molecule has 2 N–H and O–H groups in total. The molecule has 120 valence electrons. The second-order valence-corrected chi connectivity index (χ2v) is 6.30. The predicted octanol–water partition coefficient (Wildman–Crippen LogP) is 5.15. The summed E-state index contributed by atoms with van der Waals surface area (Å²) >= 11 is 3.41. The molecule has 0 fully saturated rings. The molecule has 0 spiro atoms. The molecular formula is C19H16BrN3O. The summed E-state index contributed by atoms with van der Waals surface area (Å²) in [4.78, 5) is 16.5. The fraction of sp³-hybridized carbons (Fsp3) is 0.0526. The van der Waals surface area contributed by atoms with Gasteiger partial charge in [-0.05, 0) is 55.5 Å². The van der Waals surface area contributed by atoms with Crippen molar-refractivity contribution in [3.63, 3.8) is 0 Å². The number of benzene rings is 2. The number of halogens is 1. The second-order valence-electron chi connectivity index (χ2n) is 5.39. The number of nitrogens with one attached hydrogen (secondary N) is 2. The van der Waals surface area contributed by atoms with E-state index in [2.05, 4.69) is 31.5 Å². The first-order valence-electron chi connectivity index (χ1n) is 7.47. The van der Waals surface area contributed by atoms with E-state index < -0.39 is 0 Å². The standard InChI is InChI=1S/C19H16BrN3O/c1-13-3-2-4-14(11-13)19(24)23-18-10-9-17(12-21-18)22-16-7-5-15(20)6-8-16/h2-12,22H,1H3,(H,21,23,24). The van der Waals surface area contributed by atoms with Crippen LogP contribution in [0.2, 0.25) is 0 Å². The summed E-state index contributed by atoms with van der Waals surface area (Å²) in [5.41, 5.74) is 3.49. The largest absolute Gasteiger partial charge is 0.354 e. The number of amides is 1. The van der Waals surface area contributed by atoms with Crippen LogP contribution in [0.3, 0.4) is 0 Å². The molecule has 5 heteroatoms. The van der Waals surface area contributed by atoms with Gasteiger partial charge in [-0.1, -0.05) is 33.6 Å². The third-order valence-corrected chi connectivity index (χ3v) is 3.95. The Labute approximate surface area is 149 Å². The average Bonchev–Trinajstić information content (AvgIpc) is 2.59. The van der Waals surface area contributed by atoms with Gasteiger partial charge in [-0.25, -0.2) is 4.98 Å². The number of rotatable bonds is 4. The number of carbonyl (C=O) groups excluding carboxylic acids is 1. The third-order valence-electron chi connectivity index (χ3n) is 3.42. The molecule has 4 nitrogen and oxygen atoms in total. The first-order chi connectivity index (χ1) is 11.6. The van der Waals surface area contributed by atoms with E-state index in [-0.39, 0.29) is 5.91 Å². The van der Waals surface area contributed by atoms with E-state index in [0.717, 1.165) is 21.4 Å². The molecule has 0 aliphatic heterocycles. The first-order valence-corrected chi connectivity index (χ1v) is 8.26. The van der Waals surface area contributed by atoms with Crippen molar-refractivity contribution < 1.29 is 4.79 Å². The van der Waals surface area contributed by atoms with Crippen LogP contribution in [0.25, 0.3) is 0 Å². The summed E-state index contributed by atoms with van der Waals surface area (Å²) in [5.74, 6) is 0.350. The van der Waals surface area contributed by atoms with Crippen LogP contribution in [0, 0.1) is 6.92 Å². The molecule has 0 unspecified atom stereocenters. The summed E-state index contributed by atoms with van der Waals surface area (Å²) in [7, 11) is 0. The maximum atomic E-state index is 12.2. The molecule has 0 atom stereocenters. The summed E-state index contributed by atoms with van der Waals surface area (Å²) < 4.78 is 1.03. The van der Waals surface area contributed by atoms with Crippen LogP contribution in [-0.2, 0) is 0 Å². The van der Waals surface area contributed by atoms with Gasteiger partial charge >= 0.3 is 0 Å². The van der Waals surface area contributed by atoms with Gasteiger partial charge in [-0.3, -0.25) is 4.79 Å². The van der Waals surface area contributed by atoms with Crippen molar-refractivity contribution in [3.05, 3.63) is 82.5 Å². The topological polar surface area (TPSA) is 54.0 Å². The fourth-order valence-corrected chi connectivity index (χ4v) is 2.48. The lowest BCUT2D eigenvalue weighted by atomic mass is 10.1. The minimum atomic E-state index is -0.167. The Morgan fingerprint density at radius 2 is 1.75 bits per heavy atom. The molecule has 1 aromatic heterocycles. The molecule has 0 bridgehead atoms. The number of aryl methyl sites for hydroxylation is 1. The van der Waals surface area contributed by atoms with Gasteiger partial charge < -0.3 is 10.6 Å². The van der Waals surface area contributed by atoms with Crippen molar-refractivity contribution in [1.82, 2.24) is 4.98 Å². The van der Waals surface area contributed by atoms with Crippen molar-refractivity contribution in [2.45, 2.75) is 6.92 Å². The number of hydrogen-bond acceptors (Lipinski definition) is 3. The van der Waals surface area contributed by atoms with E-state index in [9.17, 15) is 4.79 Å². The maximum Gasteiger partial charge on any atom is 0.256 e. The Kier molecular flexibility index (Phi) is 4.91. The van der Waals surface area contributed by atoms with Crippen molar-refractivity contribution in [2.24, 2.45) is 0 Å². The lowest BCUT2D eigenvalue weighted by Crippen LogP contribution is -2.13. The van der Waals surface area contributed by atoms with Gasteiger partial charge in [0.2, 0.25) is 0 Å². The Morgan fingerprint density at radius 3 is 2.42 bits per heavy atom. The molecule has 24 heavy (non-hydrogen) atoms. The lowest BCUT2D eigenvalue weighted by molar-refractivity contribution is 0.102. The van der Waals surface area contributed by atoms with Crippen LogP contribution >= 0.6 is 15.9 Å². The zero-order valence-corrected chi connectivity index (χ0v) is 14.7. The highest BCUT2D eigenvalue weighted by molar-refractivity contribution is 9.10. The Hall–Kier alpha value is -2.66. The Balaban J connectivity index is 1.66. The number of hydrogen-bond donors (Lipinski definition) is 2. The Bertz CT molecular complexity index is 845. The zero-order chi connectivity index (χ0) is 16.9. The summed E-state index contributed by atoms with van der Waals surface area (Å²) in [6.07, 6.45) is 1.69. The quantitative estimate of drug-likeness (QED) is 0.656. The van der Waals surface area contributed by atoms with E-state index in [0.29, 0.717) is 11.4 Å². The molecule has 0 saturated heterocycles. The minimum Gasteiger partial charge on any atom is -0.354 e. The number of anilines is 3. The summed E-state index contributed by atoms with van der Waals surface area (Å²) in [5, 5.41) is 6.05. The molecular weight excluding hydrogens is 366 g/mol. The highest BCUT2D eigenvalue weighted by Crippen LogP contribution is 2.19. The average molecular weight is 382 g/mol. The zero-order valence-electron chi connectivity index (χ0n) is 13.1. The van der Waals surface area contributed by atoms with Crippen LogP contribution in [0.1, 0.15) is 15.9 Å². The van der Waals surface area contributed by atoms with Crippen LogP contribution in [0.5, 0.6) is 0 Å². The van der Waals surface area contributed by atoms with E-state index >= 15 is 0 Å². The normalized spacial score (nSPS) is 10.2. The van der Waals surface area contributed by atoms with Gasteiger partial charge in [0.1, 0.15) is 5.82 Å². The number of pyridine rings is 1. The van der Waals surface area contributed by atoms with Gasteiger partial charge in [0.15, 0.2) is 0 Å². The van der Waals surface area contributed by atoms with E-state index in [1.165, 1.54) is 0 Å². The van der Waals surface area contributed by atoms with Gasteiger partial charge in [0.05, 0.1) is 11.9 Å². The lowest BCUT2D eigenvalue weighted by Gasteiger charge is -2.08. The third kappa shape index (κ3) is 4.20. The van der Waals surface area contributed by atoms with Crippen molar-refractivity contribution in [1.29, 1.82) is 0 Å². The van der Waals surface area contributed by atoms with Crippen molar-refractivity contribution >= 4 is 39.0 Å². The summed E-state index contributed by atoms with van der Waals surface area (Å²) in [6, 6.07) is 19.0. The predicted molar refractivity (Wildman–Crippen MR) is 101 cm³/mol. The monoisotopic (exact) mass is 381 g/mol. The summed E-state index contributed by atoms with van der Waals surface area (Å²) in [6.45, 7) is 1.96. The van der Waals surface area contributed by atoms with Gasteiger partial charge in [0.25, 0.3) is 5.91 Å². The molecule has 3 aromatic rings. The number of nitrogens with zero attached hydrogens (tertiary/aromatic N) is 1. The van der Waals surface area contributed by atoms with Crippen molar-refractivity contribution in [3.8, 4) is 0 Å². The number of carbonyl (C=O) groups is 1. The molecule has 1 amide bonds. The smallest absolute Gasteiger partial charge is 0.256 e. The van der Waals surface area contributed by atoms with Crippen LogP contribution in [0.4, 0.5) is 17.2 Å². The maximum absolute atomic E-state index is 12.2. The number of aromatic nitrogens is 1. The first kappa shape index (κ1) is 16.2. The van der Waals surface area contributed by atoms with Crippen molar-refractivity contribution in [2.75, 3.05) is 10.6 Å². The molecule has 1 heterocycles. The van der Waals surface area contributed by atoms with Crippen LogP contribution in [0.15, 0.2) is 71.3 Å². The SMILES string of the molecule is Cc1cccc(C(=O)Nc2ccc(Nc3ccc(Br)cc3)cn2)c1. The molecule has 0 aliphatic rings. The second kappa shape index (κ2) is 7.27. The Morgan fingerprint density at radius 1 is 1.00 bits per heavy atom. The van der Waals surface area contributed by atoms with Crippen LogP contribution < -0.4 is 10.6 Å².